The highest BCUT2D eigenvalue weighted by Crippen LogP contribution is 2.28. The van der Waals surface area contributed by atoms with Gasteiger partial charge < -0.3 is 9.84 Å². The molecule has 0 aliphatic rings. The van der Waals surface area contributed by atoms with E-state index in [2.05, 4.69) is 29.8 Å². The molecule has 1 N–H and O–H groups in total. The first kappa shape index (κ1) is 17.7. The first-order chi connectivity index (χ1) is 9.88. The van der Waals surface area contributed by atoms with Crippen molar-refractivity contribution >= 4 is 27.9 Å². The molecule has 0 heterocycles. The molecule has 0 aromatic heterocycles. The number of rotatable bonds is 7. The molecule has 0 aliphatic carbocycles. The molecule has 116 valence electrons. The van der Waals surface area contributed by atoms with E-state index >= 15 is 0 Å². The summed E-state index contributed by atoms with van der Waals surface area (Å²) in [7, 11) is 0. The molecule has 0 radical (unpaired) electrons. The summed E-state index contributed by atoms with van der Waals surface area (Å²) in [6, 6.07) is 3.33. The second-order valence-electron chi connectivity index (χ2n) is 5.27. The number of halogens is 1. The fourth-order valence-corrected chi connectivity index (χ4v) is 2.81. The van der Waals surface area contributed by atoms with Crippen molar-refractivity contribution in [2.24, 2.45) is 5.92 Å². The zero-order chi connectivity index (χ0) is 16.0. The number of aryl methyl sites for hydroxylation is 1. The number of hydrogen-bond donors (Lipinski definition) is 1. The number of esters is 1. The normalized spacial score (nSPS) is 10.7. The first-order valence-electron chi connectivity index (χ1n) is 7.10. The Bertz CT molecular complexity index is 523. The zero-order valence-electron chi connectivity index (χ0n) is 12.6. The quantitative estimate of drug-likeness (QED) is 0.739. The monoisotopic (exact) mass is 356 g/mol. The van der Waals surface area contributed by atoms with E-state index < -0.39 is 11.9 Å². The number of aromatic carboxylic acids is 1. The second kappa shape index (κ2) is 8.17. The van der Waals surface area contributed by atoms with Crippen LogP contribution in [0.25, 0.3) is 0 Å². The standard InChI is InChI=1S/C16H21BrO4/c1-4-21-16(20)12-9-8-11(7-5-6-10(2)3)14(17)13(12)15(18)19/h8-10H,4-7H2,1-3H3,(H,18,19). The van der Waals surface area contributed by atoms with Crippen molar-refractivity contribution in [2.75, 3.05) is 6.61 Å². The molecule has 4 nitrogen and oxygen atoms in total. The van der Waals surface area contributed by atoms with Crippen LogP contribution in [0.2, 0.25) is 0 Å². The van der Waals surface area contributed by atoms with Gasteiger partial charge in [-0.2, -0.15) is 0 Å². The molecule has 5 heteroatoms. The van der Waals surface area contributed by atoms with Gasteiger partial charge in [-0.15, -0.1) is 0 Å². The van der Waals surface area contributed by atoms with E-state index in [0.717, 1.165) is 24.8 Å². The number of carbonyl (C=O) groups excluding carboxylic acids is 1. The summed E-state index contributed by atoms with van der Waals surface area (Å²) in [6.45, 7) is 6.21. The zero-order valence-corrected chi connectivity index (χ0v) is 14.2. The highest BCUT2D eigenvalue weighted by atomic mass is 79.9. The third-order valence-electron chi connectivity index (χ3n) is 3.16. The van der Waals surface area contributed by atoms with Gasteiger partial charge in [0.2, 0.25) is 0 Å². The second-order valence-corrected chi connectivity index (χ2v) is 6.07. The van der Waals surface area contributed by atoms with E-state index in [-0.39, 0.29) is 17.7 Å². The van der Waals surface area contributed by atoms with Crippen LogP contribution in [0.1, 0.15) is 59.9 Å². The summed E-state index contributed by atoms with van der Waals surface area (Å²) in [6.07, 6.45) is 2.84. The van der Waals surface area contributed by atoms with Crippen LogP contribution >= 0.6 is 15.9 Å². The summed E-state index contributed by atoms with van der Waals surface area (Å²) in [5.74, 6) is -1.12. The van der Waals surface area contributed by atoms with Gasteiger partial charge in [0, 0.05) is 4.47 Å². The van der Waals surface area contributed by atoms with Crippen LogP contribution in [0.15, 0.2) is 16.6 Å². The van der Waals surface area contributed by atoms with Crippen molar-refractivity contribution in [3.63, 3.8) is 0 Å². The first-order valence-corrected chi connectivity index (χ1v) is 7.89. The SMILES string of the molecule is CCOC(=O)c1ccc(CCCC(C)C)c(Br)c1C(=O)O. The van der Waals surface area contributed by atoms with Gasteiger partial charge in [0.1, 0.15) is 0 Å². The molecule has 21 heavy (non-hydrogen) atoms. The van der Waals surface area contributed by atoms with E-state index in [4.69, 9.17) is 4.74 Å². The van der Waals surface area contributed by atoms with Crippen LogP contribution in [0.3, 0.4) is 0 Å². The van der Waals surface area contributed by atoms with Gasteiger partial charge in [0.15, 0.2) is 0 Å². The molecule has 0 fully saturated rings. The lowest BCUT2D eigenvalue weighted by molar-refractivity contribution is 0.0514. The van der Waals surface area contributed by atoms with Gasteiger partial charge in [-0.05, 0) is 53.2 Å². The molecule has 1 aromatic carbocycles. The van der Waals surface area contributed by atoms with Crippen LogP contribution in [-0.2, 0) is 11.2 Å². The van der Waals surface area contributed by atoms with E-state index in [0.29, 0.717) is 10.4 Å². The van der Waals surface area contributed by atoms with Crippen LogP contribution in [0, 0.1) is 5.92 Å². The lowest BCUT2D eigenvalue weighted by atomic mass is 9.98. The van der Waals surface area contributed by atoms with Gasteiger partial charge in [0.05, 0.1) is 17.7 Å². The maximum absolute atomic E-state index is 11.8. The van der Waals surface area contributed by atoms with Gasteiger partial charge in [-0.1, -0.05) is 26.3 Å². The molecule has 0 spiro atoms. The maximum atomic E-state index is 11.8. The molecule has 0 bridgehead atoms. The summed E-state index contributed by atoms with van der Waals surface area (Å²) in [5, 5.41) is 9.36. The van der Waals surface area contributed by atoms with Crippen molar-refractivity contribution in [2.45, 2.75) is 40.0 Å². The van der Waals surface area contributed by atoms with Crippen LogP contribution in [0.5, 0.6) is 0 Å². The third-order valence-corrected chi connectivity index (χ3v) is 4.06. The Morgan fingerprint density at radius 3 is 2.52 bits per heavy atom. The van der Waals surface area contributed by atoms with Crippen LogP contribution in [-0.4, -0.2) is 23.7 Å². The number of benzene rings is 1. The Balaban J connectivity index is 3.08. The van der Waals surface area contributed by atoms with Crippen molar-refractivity contribution in [1.29, 1.82) is 0 Å². The molecule has 0 saturated carbocycles. The smallest absolute Gasteiger partial charge is 0.339 e. The minimum Gasteiger partial charge on any atom is -0.478 e. The summed E-state index contributed by atoms with van der Waals surface area (Å²) in [5.41, 5.74) is 0.973. The molecule has 1 aromatic rings. The average Bonchev–Trinajstić information content (AvgIpc) is 2.39. The highest BCUT2D eigenvalue weighted by Gasteiger charge is 2.22. The summed E-state index contributed by atoms with van der Waals surface area (Å²) >= 11 is 3.33. The minimum atomic E-state index is -1.13. The van der Waals surface area contributed by atoms with Crippen LogP contribution in [0.4, 0.5) is 0 Å². The average molecular weight is 357 g/mol. The van der Waals surface area contributed by atoms with Gasteiger partial charge in [-0.25, -0.2) is 9.59 Å². The molecule has 0 amide bonds. The number of carbonyl (C=O) groups is 2. The number of hydrogen-bond acceptors (Lipinski definition) is 3. The Hall–Kier alpha value is -1.36. The predicted molar refractivity (Wildman–Crippen MR) is 84.8 cm³/mol. The summed E-state index contributed by atoms with van der Waals surface area (Å²) < 4.78 is 5.38. The molecule has 0 saturated heterocycles. The van der Waals surface area contributed by atoms with Gasteiger partial charge in [0.25, 0.3) is 0 Å². The molecular weight excluding hydrogens is 336 g/mol. The van der Waals surface area contributed by atoms with Crippen molar-refractivity contribution in [3.05, 3.63) is 33.3 Å². The number of carboxylic acid groups (broad SMARTS) is 1. The molecular formula is C16H21BrO4. The van der Waals surface area contributed by atoms with Gasteiger partial charge in [-0.3, -0.25) is 0 Å². The molecule has 0 atom stereocenters. The third kappa shape index (κ3) is 4.84. The lowest BCUT2D eigenvalue weighted by Gasteiger charge is -2.12. The van der Waals surface area contributed by atoms with E-state index in [1.807, 2.05) is 0 Å². The van der Waals surface area contributed by atoms with E-state index in [9.17, 15) is 14.7 Å². The number of ether oxygens (including phenoxy) is 1. The lowest BCUT2D eigenvalue weighted by Crippen LogP contribution is -2.13. The Kier molecular flexibility index (Phi) is 6.89. The Morgan fingerprint density at radius 2 is 2.00 bits per heavy atom. The van der Waals surface area contributed by atoms with E-state index in [1.165, 1.54) is 6.07 Å². The molecule has 1 rings (SSSR count). The minimum absolute atomic E-state index is 0.0181. The van der Waals surface area contributed by atoms with Crippen molar-refractivity contribution in [3.8, 4) is 0 Å². The van der Waals surface area contributed by atoms with Crippen molar-refractivity contribution < 1.29 is 19.4 Å². The maximum Gasteiger partial charge on any atom is 0.339 e. The molecule has 0 unspecified atom stereocenters. The predicted octanol–water partition coefficient (Wildman–Crippen LogP) is 4.30. The Morgan fingerprint density at radius 1 is 1.33 bits per heavy atom. The largest absolute Gasteiger partial charge is 0.478 e. The van der Waals surface area contributed by atoms with E-state index in [1.54, 1.807) is 13.0 Å². The molecule has 0 aliphatic heterocycles. The van der Waals surface area contributed by atoms with Crippen molar-refractivity contribution in [1.82, 2.24) is 0 Å². The summed E-state index contributed by atoms with van der Waals surface area (Å²) in [4.78, 5) is 23.3. The number of carboxylic acids is 1. The highest BCUT2D eigenvalue weighted by molar-refractivity contribution is 9.10. The van der Waals surface area contributed by atoms with Gasteiger partial charge >= 0.3 is 11.9 Å². The Labute approximate surface area is 133 Å². The topological polar surface area (TPSA) is 63.6 Å². The van der Waals surface area contributed by atoms with Crippen LogP contribution < -0.4 is 0 Å². The fourth-order valence-electron chi connectivity index (χ4n) is 2.10. The fraction of sp³-hybridized carbons (Fsp3) is 0.500.